The Morgan fingerprint density at radius 1 is 1.17 bits per heavy atom. The van der Waals surface area contributed by atoms with Crippen LogP contribution in [0.5, 0.6) is 0 Å². The van der Waals surface area contributed by atoms with Gasteiger partial charge >= 0.3 is 0 Å². The van der Waals surface area contributed by atoms with E-state index < -0.39 is 15.9 Å². The zero-order chi connectivity index (χ0) is 21.8. The molecule has 3 heterocycles. The van der Waals surface area contributed by atoms with Crippen LogP contribution in [-0.4, -0.2) is 40.9 Å². The molecule has 2 aromatic heterocycles. The van der Waals surface area contributed by atoms with Crippen molar-refractivity contribution in [3.8, 4) is 0 Å². The minimum absolute atomic E-state index is 0.0598. The van der Waals surface area contributed by atoms with Crippen LogP contribution >= 0.6 is 0 Å². The first-order chi connectivity index (χ1) is 14.1. The molecule has 0 saturated carbocycles. The average molecular weight is 429 g/mol. The topological polar surface area (TPSA) is 88.3 Å². The van der Waals surface area contributed by atoms with Crippen molar-refractivity contribution in [1.29, 1.82) is 0 Å². The number of nitrogens with zero attached hydrogens (tertiary/aromatic N) is 4. The van der Waals surface area contributed by atoms with Gasteiger partial charge in [0.05, 0.1) is 17.0 Å². The molecule has 1 unspecified atom stereocenters. The van der Waals surface area contributed by atoms with Gasteiger partial charge in [-0.3, -0.25) is 0 Å². The van der Waals surface area contributed by atoms with E-state index >= 15 is 0 Å². The second-order valence-corrected chi connectivity index (χ2v) is 10.5. The van der Waals surface area contributed by atoms with Gasteiger partial charge < -0.3 is 14.6 Å². The predicted molar refractivity (Wildman–Crippen MR) is 117 cm³/mol. The van der Waals surface area contributed by atoms with Gasteiger partial charge in [0.2, 0.25) is 5.95 Å². The number of aryl methyl sites for hydroxylation is 1. The van der Waals surface area contributed by atoms with Gasteiger partial charge in [-0.05, 0) is 38.0 Å². The van der Waals surface area contributed by atoms with Crippen molar-refractivity contribution in [1.82, 2.24) is 14.5 Å². The van der Waals surface area contributed by atoms with Gasteiger partial charge in [-0.1, -0.05) is 19.9 Å². The number of aromatic nitrogens is 3. The molecular formula is C22H28N4O3S. The molecule has 30 heavy (non-hydrogen) atoms. The van der Waals surface area contributed by atoms with Crippen LogP contribution in [0.15, 0.2) is 35.4 Å². The Balaban J connectivity index is 1.82. The smallest absolute Gasteiger partial charge is 0.226 e. The van der Waals surface area contributed by atoms with E-state index in [9.17, 15) is 13.5 Å². The van der Waals surface area contributed by atoms with E-state index in [0.29, 0.717) is 16.8 Å². The summed E-state index contributed by atoms with van der Waals surface area (Å²) < 4.78 is 26.3. The lowest BCUT2D eigenvalue weighted by molar-refractivity contribution is 0.197. The Hall–Kier alpha value is -2.45. The fourth-order valence-electron chi connectivity index (χ4n) is 4.43. The third-order valence-electron chi connectivity index (χ3n) is 5.88. The summed E-state index contributed by atoms with van der Waals surface area (Å²) in [6, 6.07) is 7.54. The first-order valence-electron chi connectivity index (χ1n) is 10.2. The molecule has 0 amide bonds. The first-order valence-corrected chi connectivity index (χ1v) is 12.1. The first kappa shape index (κ1) is 20.8. The quantitative estimate of drug-likeness (QED) is 0.685. The summed E-state index contributed by atoms with van der Waals surface area (Å²) in [5, 5.41) is 10.9. The van der Waals surface area contributed by atoms with Crippen molar-refractivity contribution in [3.63, 3.8) is 0 Å². The second kappa shape index (κ2) is 7.35. The highest BCUT2D eigenvalue weighted by molar-refractivity contribution is 7.90. The minimum Gasteiger partial charge on any atom is -0.389 e. The average Bonchev–Trinajstić information content (AvgIpc) is 3.03. The molecule has 0 spiro atoms. The highest BCUT2D eigenvalue weighted by atomic mass is 32.2. The molecule has 0 saturated heterocycles. The van der Waals surface area contributed by atoms with Gasteiger partial charge in [0.1, 0.15) is 0 Å². The van der Waals surface area contributed by atoms with Crippen LogP contribution in [0.4, 0.5) is 5.95 Å². The number of aliphatic hydroxyl groups is 1. The van der Waals surface area contributed by atoms with Gasteiger partial charge in [0.25, 0.3) is 0 Å². The Morgan fingerprint density at radius 3 is 2.50 bits per heavy atom. The third-order valence-corrected chi connectivity index (χ3v) is 6.99. The van der Waals surface area contributed by atoms with Crippen LogP contribution in [0.3, 0.4) is 0 Å². The lowest BCUT2D eigenvalue weighted by atomic mass is 9.97. The normalized spacial score (nSPS) is 18.1. The van der Waals surface area contributed by atoms with E-state index in [1.54, 1.807) is 25.3 Å². The van der Waals surface area contributed by atoms with Crippen molar-refractivity contribution in [2.75, 3.05) is 17.7 Å². The molecule has 4 rings (SSSR count). The van der Waals surface area contributed by atoms with Crippen LogP contribution in [0.2, 0.25) is 0 Å². The number of fused-ring (bicyclic) bond motifs is 3. The summed E-state index contributed by atoms with van der Waals surface area (Å²) in [5.41, 5.74) is 3.60. The largest absolute Gasteiger partial charge is 0.389 e. The van der Waals surface area contributed by atoms with Crippen molar-refractivity contribution < 1.29 is 13.5 Å². The standard InChI is InChI=1S/C22H28N4O3S/c1-13(2)21-20-10-16-6-7-17(30(5,28)29)11-19(16)25(20)8-9-26(21)22-23-12-18(15(4)27)14(3)24-22/h6-7,10-13,15,21,27H,8-9H2,1-5H3/t15?,21-/m1/s1. The maximum Gasteiger partial charge on any atom is 0.226 e. The van der Waals surface area contributed by atoms with Crippen LogP contribution in [0, 0.1) is 12.8 Å². The van der Waals surface area contributed by atoms with Gasteiger partial charge in [-0.25, -0.2) is 18.4 Å². The zero-order valence-electron chi connectivity index (χ0n) is 18.0. The van der Waals surface area contributed by atoms with E-state index in [4.69, 9.17) is 4.98 Å². The molecule has 160 valence electrons. The lowest BCUT2D eigenvalue weighted by Crippen LogP contribution is -2.41. The molecule has 0 bridgehead atoms. The van der Waals surface area contributed by atoms with E-state index in [1.807, 2.05) is 13.0 Å². The van der Waals surface area contributed by atoms with Crippen LogP contribution in [0.25, 0.3) is 10.9 Å². The summed E-state index contributed by atoms with van der Waals surface area (Å²) in [7, 11) is -3.26. The Labute approximate surface area is 177 Å². The van der Waals surface area contributed by atoms with Crippen LogP contribution in [0.1, 0.15) is 49.9 Å². The molecule has 1 aliphatic heterocycles. The number of aliphatic hydroxyl groups excluding tert-OH is 1. The Morgan fingerprint density at radius 2 is 1.90 bits per heavy atom. The van der Waals surface area contributed by atoms with Gasteiger partial charge in [0, 0.05) is 53.4 Å². The molecule has 3 aromatic rings. The second-order valence-electron chi connectivity index (χ2n) is 8.48. The summed E-state index contributed by atoms with van der Waals surface area (Å²) >= 11 is 0. The number of hydrogen-bond donors (Lipinski definition) is 1. The number of sulfone groups is 1. The van der Waals surface area contributed by atoms with Gasteiger partial charge in [-0.2, -0.15) is 0 Å². The molecule has 1 N–H and O–H groups in total. The van der Waals surface area contributed by atoms with E-state index in [-0.39, 0.29) is 6.04 Å². The highest BCUT2D eigenvalue weighted by Gasteiger charge is 2.33. The SMILES string of the molecule is Cc1nc(N2CCn3c(cc4ccc(S(C)(=O)=O)cc43)[C@H]2C(C)C)ncc1C(C)O. The monoisotopic (exact) mass is 428 g/mol. The summed E-state index contributed by atoms with van der Waals surface area (Å²) in [4.78, 5) is 11.8. The Bertz CT molecular complexity index is 1210. The number of benzene rings is 1. The summed E-state index contributed by atoms with van der Waals surface area (Å²) in [6.07, 6.45) is 2.35. The molecule has 7 nitrogen and oxygen atoms in total. The highest BCUT2D eigenvalue weighted by Crippen LogP contribution is 2.38. The molecule has 0 radical (unpaired) electrons. The molecule has 1 aromatic carbocycles. The minimum atomic E-state index is -3.26. The summed E-state index contributed by atoms with van der Waals surface area (Å²) in [5.74, 6) is 0.951. The van der Waals surface area contributed by atoms with Crippen molar-refractivity contribution >= 4 is 26.7 Å². The number of anilines is 1. The molecule has 0 fully saturated rings. The third kappa shape index (κ3) is 3.48. The van der Waals surface area contributed by atoms with E-state index in [0.717, 1.165) is 40.9 Å². The van der Waals surface area contributed by atoms with Gasteiger partial charge in [0.15, 0.2) is 9.84 Å². The van der Waals surface area contributed by atoms with E-state index in [1.165, 1.54) is 6.26 Å². The van der Waals surface area contributed by atoms with Crippen molar-refractivity contribution in [2.24, 2.45) is 5.92 Å². The maximum atomic E-state index is 12.0. The lowest BCUT2D eigenvalue weighted by Gasteiger charge is -2.39. The number of rotatable bonds is 4. The van der Waals surface area contributed by atoms with E-state index in [2.05, 4.69) is 34.4 Å². The fourth-order valence-corrected chi connectivity index (χ4v) is 5.07. The Kier molecular flexibility index (Phi) is 5.10. The number of hydrogen-bond acceptors (Lipinski definition) is 6. The fraction of sp³-hybridized carbons (Fsp3) is 0.455. The molecule has 0 aliphatic carbocycles. The van der Waals surface area contributed by atoms with Crippen LogP contribution in [-0.2, 0) is 16.4 Å². The maximum absolute atomic E-state index is 12.0. The van der Waals surface area contributed by atoms with Crippen molar-refractivity contribution in [3.05, 3.63) is 47.4 Å². The molecule has 2 atom stereocenters. The molecule has 8 heteroatoms. The van der Waals surface area contributed by atoms with Crippen molar-refractivity contribution in [2.45, 2.75) is 51.3 Å². The van der Waals surface area contributed by atoms with Gasteiger partial charge in [-0.15, -0.1) is 0 Å². The van der Waals surface area contributed by atoms with Crippen LogP contribution < -0.4 is 4.90 Å². The molecule has 1 aliphatic rings. The molecular weight excluding hydrogens is 400 g/mol. The summed E-state index contributed by atoms with van der Waals surface area (Å²) in [6.45, 7) is 9.39. The predicted octanol–water partition coefficient (Wildman–Crippen LogP) is 3.41. The zero-order valence-corrected chi connectivity index (χ0v) is 18.8.